The van der Waals surface area contributed by atoms with Gasteiger partial charge in [-0.3, -0.25) is 0 Å². The van der Waals surface area contributed by atoms with Crippen molar-refractivity contribution in [2.45, 2.75) is 37.6 Å². The Kier molecular flexibility index (Phi) is 5.64. The molecule has 0 aromatic heterocycles. The highest BCUT2D eigenvalue weighted by molar-refractivity contribution is 7.99. The lowest BCUT2D eigenvalue weighted by Crippen LogP contribution is -2.22. The molecule has 1 atom stereocenters. The van der Waals surface area contributed by atoms with Gasteiger partial charge in [0.15, 0.2) is 0 Å². The molecule has 2 heteroatoms. The van der Waals surface area contributed by atoms with E-state index in [-0.39, 0.29) is 6.04 Å². The molecule has 0 bridgehead atoms. The van der Waals surface area contributed by atoms with Gasteiger partial charge < -0.3 is 5.73 Å². The highest BCUT2D eigenvalue weighted by Gasteiger charge is 2.04. The van der Waals surface area contributed by atoms with Crippen molar-refractivity contribution in [3.05, 3.63) is 42.0 Å². The average molecular weight is 235 g/mol. The molecule has 2 N–H and O–H groups in total. The lowest BCUT2D eigenvalue weighted by Gasteiger charge is -2.12. The first-order valence-corrected chi connectivity index (χ1v) is 6.66. The van der Waals surface area contributed by atoms with Crippen molar-refractivity contribution < 1.29 is 0 Å². The second-order valence-corrected chi connectivity index (χ2v) is 5.39. The van der Waals surface area contributed by atoms with E-state index in [1.165, 1.54) is 16.0 Å². The second-order valence-electron chi connectivity index (χ2n) is 4.33. The van der Waals surface area contributed by atoms with Crippen LogP contribution in [0.15, 0.2) is 41.3 Å². The van der Waals surface area contributed by atoms with Crippen molar-refractivity contribution in [3.63, 3.8) is 0 Å². The van der Waals surface area contributed by atoms with Crippen molar-refractivity contribution in [1.82, 2.24) is 0 Å². The van der Waals surface area contributed by atoms with Crippen LogP contribution < -0.4 is 5.73 Å². The van der Waals surface area contributed by atoms with Crippen LogP contribution >= 0.6 is 11.8 Å². The van der Waals surface area contributed by atoms with Gasteiger partial charge in [0.25, 0.3) is 0 Å². The fraction of sp³-hybridized carbons (Fsp3) is 0.429. The summed E-state index contributed by atoms with van der Waals surface area (Å²) in [4.78, 5) is 1.34. The quantitative estimate of drug-likeness (QED) is 0.600. The molecule has 88 valence electrons. The molecule has 1 aromatic carbocycles. The molecule has 0 aliphatic carbocycles. The van der Waals surface area contributed by atoms with Gasteiger partial charge >= 0.3 is 0 Å². The average Bonchev–Trinajstić information content (AvgIpc) is 2.25. The van der Waals surface area contributed by atoms with Gasteiger partial charge in [-0.25, -0.2) is 0 Å². The third-order valence-electron chi connectivity index (χ3n) is 2.49. The first kappa shape index (κ1) is 13.3. The number of aryl methyl sites for hydroxylation is 1. The summed E-state index contributed by atoms with van der Waals surface area (Å²) in [5.41, 5.74) is 8.61. The smallest absolute Gasteiger partial charge is 0.0137 e. The Bertz CT molecular complexity index is 346. The lowest BCUT2D eigenvalue weighted by atomic mass is 10.1. The predicted octanol–water partition coefficient (Wildman–Crippen LogP) is 3.77. The fourth-order valence-corrected chi connectivity index (χ4v) is 2.46. The summed E-state index contributed by atoms with van der Waals surface area (Å²) < 4.78 is 0. The number of benzene rings is 1. The van der Waals surface area contributed by atoms with Gasteiger partial charge in [0.1, 0.15) is 0 Å². The van der Waals surface area contributed by atoms with Crippen molar-refractivity contribution in [2.24, 2.45) is 5.73 Å². The van der Waals surface area contributed by atoms with Crippen molar-refractivity contribution in [1.29, 1.82) is 0 Å². The summed E-state index contributed by atoms with van der Waals surface area (Å²) in [6.45, 7) is 8.09. The molecule has 0 spiro atoms. The maximum atomic E-state index is 6.06. The molecule has 0 saturated heterocycles. The molecule has 1 unspecified atom stereocenters. The summed E-state index contributed by atoms with van der Waals surface area (Å²) in [6, 6.07) is 8.71. The van der Waals surface area contributed by atoms with Crippen LogP contribution in [-0.4, -0.2) is 11.8 Å². The molecule has 0 amide bonds. The van der Waals surface area contributed by atoms with Crippen molar-refractivity contribution >= 4 is 11.8 Å². The summed E-state index contributed by atoms with van der Waals surface area (Å²) >= 11 is 1.85. The Morgan fingerprint density at radius 1 is 1.44 bits per heavy atom. The third-order valence-corrected chi connectivity index (χ3v) is 3.85. The molecule has 0 aliphatic rings. The maximum Gasteiger partial charge on any atom is 0.0137 e. The third kappa shape index (κ3) is 4.86. The molecule has 1 nitrogen and oxygen atoms in total. The first-order valence-electron chi connectivity index (χ1n) is 5.68. The van der Waals surface area contributed by atoms with E-state index in [2.05, 4.69) is 44.7 Å². The Labute approximate surface area is 103 Å². The SMILES string of the molecule is C=C(C)CCC(N)CSc1ccccc1C. The van der Waals surface area contributed by atoms with E-state index in [4.69, 9.17) is 5.73 Å². The van der Waals surface area contributed by atoms with E-state index < -0.39 is 0 Å². The minimum absolute atomic E-state index is 0.265. The van der Waals surface area contributed by atoms with Crippen LogP contribution in [0, 0.1) is 6.92 Å². The van der Waals surface area contributed by atoms with Crippen molar-refractivity contribution in [2.75, 3.05) is 5.75 Å². The zero-order valence-corrected chi connectivity index (χ0v) is 11.0. The number of rotatable bonds is 6. The summed E-state index contributed by atoms with van der Waals surface area (Å²) in [7, 11) is 0. The van der Waals surface area contributed by atoms with E-state index in [0.29, 0.717) is 0 Å². The predicted molar refractivity (Wildman–Crippen MR) is 73.9 cm³/mol. The van der Waals surface area contributed by atoms with E-state index in [0.717, 1.165) is 18.6 Å². The first-order chi connectivity index (χ1) is 7.59. The number of thioether (sulfide) groups is 1. The van der Waals surface area contributed by atoms with Crippen LogP contribution in [0.2, 0.25) is 0 Å². The minimum atomic E-state index is 0.265. The number of hydrogen-bond acceptors (Lipinski definition) is 2. The van der Waals surface area contributed by atoms with E-state index in [1.54, 1.807) is 0 Å². The molecular formula is C14H21NS. The Hall–Kier alpha value is -0.730. The topological polar surface area (TPSA) is 26.0 Å². The Morgan fingerprint density at radius 2 is 2.12 bits per heavy atom. The van der Waals surface area contributed by atoms with E-state index in [1.807, 2.05) is 11.8 Å². The molecule has 0 fully saturated rings. The molecule has 0 aliphatic heterocycles. The van der Waals surface area contributed by atoms with E-state index >= 15 is 0 Å². The van der Waals surface area contributed by atoms with Crippen LogP contribution in [-0.2, 0) is 0 Å². The Morgan fingerprint density at radius 3 is 2.75 bits per heavy atom. The van der Waals surface area contributed by atoms with Crippen LogP contribution in [0.4, 0.5) is 0 Å². The molecule has 0 radical (unpaired) electrons. The zero-order valence-electron chi connectivity index (χ0n) is 10.2. The molecule has 1 aromatic rings. The molecule has 16 heavy (non-hydrogen) atoms. The van der Waals surface area contributed by atoms with Gasteiger partial charge in [0.2, 0.25) is 0 Å². The minimum Gasteiger partial charge on any atom is -0.327 e. The van der Waals surface area contributed by atoms with Gasteiger partial charge in [0, 0.05) is 16.7 Å². The maximum absolute atomic E-state index is 6.06. The number of hydrogen-bond donors (Lipinski definition) is 1. The second kappa shape index (κ2) is 6.77. The van der Waals surface area contributed by atoms with Gasteiger partial charge in [0.05, 0.1) is 0 Å². The summed E-state index contributed by atoms with van der Waals surface area (Å²) in [5.74, 6) is 0.984. The number of allylic oxidation sites excluding steroid dienone is 1. The van der Waals surface area contributed by atoms with Gasteiger partial charge in [-0.2, -0.15) is 0 Å². The van der Waals surface area contributed by atoms with Crippen LogP contribution in [0.3, 0.4) is 0 Å². The van der Waals surface area contributed by atoms with Crippen molar-refractivity contribution in [3.8, 4) is 0 Å². The zero-order chi connectivity index (χ0) is 12.0. The van der Waals surface area contributed by atoms with Crippen LogP contribution in [0.1, 0.15) is 25.3 Å². The normalized spacial score (nSPS) is 12.4. The van der Waals surface area contributed by atoms with Gasteiger partial charge in [-0.05, 0) is 38.3 Å². The monoisotopic (exact) mass is 235 g/mol. The van der Waals surface area contributed by atoms with Crippen LogP contribution in [0.25, 0.3) is 0 Å². The van der Waals surface area contributed by atoms with E-state index in [9.17, 15) is 0 Å². The summed E-state index contributed by atoms with van der Waals surface area (Å²) in [5, 5.41) is 0. The van der Waals surface area contributed by atoms with Crippen LogP contribution in [0.5, 0.6) is 0 Å². The Balaban J connectivity index is 2.34. The fourth-order valence-electron chi connectivity index (χ4n) is 1.43. The standard InChI is InChI=1S/C14H21NS/c1-11(2)8-9-13(15)10-16-14-7-5-4-6-12(14)3/h4-7,13H,1,8-10,15H2,2-3H3. The molecule has 0 heterocycles. The summed E-state index contributed by atoms with van der Waals surface area (Å²) in [6.07, 6.45) is 2.07. The van der Waals surface area contributed by atoms with Gasteiger partial charge in [-0.15, -0.1) is 18.3 Å². The highest BCUT2D eigenvalue weighted by Crippen LogP contribution is 2.23. The largest absolute Gasteiger partial charge is 0.327 e. The lowest BCUT2D eigenvalue weighted by molar-refractivity contribution is 0.672. The highest BCUT2D eigenvalue weighted by atomic mass is 32.2. The molecule has 0 saturated carbocycles. The molecular weight excluding hydrogens is 214 g/mol. The van der Waals surface area contributed by atoms with Gasteiger partial charge in [-0.1, -0.05) is 23.8 Å². The molecule has 1 rings (SSSR count). The number of nitrogens with two attached hydrogens (primary N) is 1.